The first-order valence-corrected chi connectivity index (χ1v) is 7.48. The predicted octanol–water partition coefficient (Wildman–Crippen LogP) is 3.25. The first-order chi connectivity index (χ1) is 11.4. The summed E-state index contributed by atoms with van der Waals surface area (Å²) in [6.07, 6.45) is 0. The van der Waals surface area contributed by atoms with Gasteiger partial charge in [-0.25, -0.2) is 9.59 Å². The molecule has 0 bridgehead atoms. The first-order valence-electron chi connectivity index (χ1n) is 7.48. The Morgan fingerprint density at radius 3 is 2.25 bits per heavy atom. The first kappa shape index (κ1) is 17.3. The van der Waals surface area contributed by atoms with Crippen molar-refractivity contribution >= 4 is 17.7 Å². The van der Waals surface area contributed by atoms with E-state index in [0.29, 0.717) is 18.0 Å². The molecule has 2 aromatic rings. The van der Waals surface area contributed by atoms with E-state index in [2.05, 4.69) is 10.6 Å². The molecule has 3 N–H and O–H groups in total. The van der Waals surface area contributed by atoms with Gasteiger partial charge in [0.15, 0.2) is 5.60 Å². The monoisotopic (exact) mass is 328 g/mol. The summed E-state index contributed by atoms with van der Waals surface area (Å²) in [6, 6.07) is 15.8. The van der Waals surface area contributed by atoms with E-state index in [-0.39, 0.29) is 6.03 Å². The number of carboxylic acids is 1. The standard InChI is InChI=1S/C18H20N2O4/c1-18(2,16(21)22)24-15-10-8-14(9-11-15)20-17(23)19-12-13-6-4-3-5-7-13/h3-11H,12H2,1-2H3,(H,21,22)(H2,19,20,23). The molecule has 0 heterocycles. The van der Waals surface area contributed by atoms with Gasteiger partial charge in [0.2, 0.25) is 0 Å². The summed E-state index contributed by atoms with van der Waals surface area (Å²) in [6.45, 7) is 3.37. The summed E-state index contributed by atoms with van der Waals surface area (Å²) in [5.74, 6) is -0.636. The average molecular weight is 328 g/mol. The molecule has 0 saturated carbocycles. The van der Waals surface area contributed by atoms with Crippen LogP contribution in [0.3, 0.4) is 0 Å². The van der Waals surface area contributed by atoms with E-state index in [1.807, 2.05) is 30.3 Å². The van der Waals surface area contributed by atoms with Crippen LogP contribution in [0, 0.1) is 0 Å². The highest BCUT2D eigenvalue weighted by atomic mass is 16.5. The number of rotatable bonds is 6. The van der Waals surface area contributed by atoms with Crippen LogP contribution in [0.4, 0.5) is 10.5 Å². The topological polar surface area (TPSA) is 87.7 Å². The van der Waals surface area contributed by atoms with Crippen LogP contribution in [0.5, 0.6) is 5.75 Å². The van der Waals surface area contributed by atoms with Crippen molar-refractivity contribution in [3.63, 3.8) is 0 Å². The Morgan fingerprint density at radius 1 is 1.04 bits per heavy atom. The number of aliphatic carboxylic acids is 1. The van der Waals surface area contributed by atoms with E-state index in [9.17, 15) is 9.59 Å². The molecule has 0 aromatic heterocycles. The van der Waals surface area contributed by atoms with Crippen LogP contribution < -0.4 is 15.4 Å². The van der Waals surface area contributed by atoms with Crippen molar-refractivity contribution in [1.29, 1.82) is 0 Å². The molecule has 0 radical (unpaired) electrons. The summed E-state index contributed by atoms with van der Waals surface area (Å²) in [5, 5.41) is 14.5. The molecule has 0 aliphatic rings. The third kappa shape index (κ3) is 5.01. The summed E-state index contributed by atoms with van der Waals surface area (Å²) >= 11 is 0. The van der Waals surface area contributed by atoms with Gasteiger partial charge in [-0.05, 0) is 43.7 Å². The normalized spacial score (nSPS) is 10.8. The highest BCUT2D eigenvalue weighted by Crippen LogP contribution is 2.21. The predicted molar refractivity (Wildman–Crippen MR) is 91.1 cm³/mol. The average Bonchev–Trinajstić information content (AvgIpc) is 2.55. The molecular weight excluding hydrogens is 308 g/mol. The van der Waals surface area contributed by atoms with Gasteiger partial charge in [0.25, 0.3) is 0 Å². The van der Waals surface area contributed by atoms with Gasteiger partial charge < -0.3 is 20.5 Å². The fraction of sp³-hybridized carbons (Fsp3) is 0.222. The molecule has 0 atom stereocenters. The molecule has 0 fully saturated rings. The minimum absolute atomic E-state index is 0.321. The molecule has 0 aliphatic carbocycles. The Hall–Kier alpha value is -3.02. The Kier molecular flexibility index (Phi) is 5.42. The molecule has 6 heteroatoms. The van der Waals surface area contributed by atoms with Crippen molar-refractivity contribution in [2.75, 3.05) is 5.32 Å². The molecular formula is C18H20N2O4. The van der Waals surface area contributed by atoms with Gasteiger partial charge in [0.05, 0.1) is 0 Å². The van der Waals surface area contributed by atoms with E-state index in [1.54, 1.807) is 24.3 Å². The van der Waals surface area contributed by atoms with Crippen molar-refractivity contribution in [3.8, 4) is 5.75 Å². The number of carboxylic acid groups (broad SMARTS) is 1. The maximum absolute atomic E-state index is 11.9. The lowest BCUT2D eigenvalue weighted by atomic mass is 10.1. The van der Waals surface area contributed by atoms with Crippen molar-refractivity contribution in [2.45, 2.75) is 26.0 Å². The second-order valence-electron chi connectivity index (χ2n) is 5.74. The van der Waals surface area contributed by atoms with Gasteiger partial charge in [0, 0.05) is 12.2 Å². The van der Waals surface area contributed by atoms with E-state index in [4.69, 9.17) is 9.84 Å². The molecule has 0 unspecified atom stereocenters. The van der Waals surface area contributed by atoms with Crippen LogP contribution in [0.25, 0.3) is 0 Å². The summed E-state index contributed by atoms with van der Waals surface area (Å²) in [5.41, 5.74) is 0.274. The quantitative estimate of drug-likeness (QED) is 0.759. The smallest absolute Gasteiger partial charge is 0.347 e. The third-order valence-electron chi connectivity index (χ3n) is 3.30. The van der Waals surface area contributed by atoms with Gasteiger partial charge in [0.1, 0.15) is 5.75 Å². The van der Waals surface area contributed by atoms with E-state index < -0.39 is 11.6 Å². The molecule has 24 heavy (non-hydrogen) atoms. The summed E-state index contributed by atoms with van der Waals surface area (Å²) in [7, 11) is 0. The molecule has 2 amide bonds. The molecule has 0 saturated heterocycles. The number of hydrogen-bond donors (Lipinski definition) is 3. The summed E-state index contributed by atoms with van der Waals surface area (Å²) < 4.78 is 5.40. The van der Waals surface area contributed by atoms with Crippen LogP contribution in [-0.4, -0.2) is 22.7 Å². The van der Waals surface area contributed by atoms with Crippen LogP contribution in [-0.2, 0) is 11.3 Å². The Bertz CT molecular complexity index is 697. The SMILES string of the molecule is CC(C)(Oc1ccc(NC(=O)NCc2ccccc2)cc1)C(=O)O. The molecule has 126 valence electrons. The minimum Gasteiger partial charge on any atom is -0.478 e. The van der Waals surface area contributed by atoms with Crippen LogP contribution in [0.1, 0.15) is 19.4 Å². The van der Waals surface area contributed by atoms with Crippen molar-refractivity contribution < 1.29 is 19.4 Å². The lowest BCUT2D eigenvalue weighted by Crippen LogP contribution is -2.37. The zero-order valence-electron chi connectivity index (χ0n) is 13.6. The van der Waals surface area contributed by atoms with E-state index in [1.165, 1.54) is 13.8 Å². The number of hydrogen-bond acceptors (Lipinski definition) is 3. The number of ether oxygens (including phenoxy) is 1. The van der Waals surface area contributed by atoms with Crippen LogP contribution >= 0.6 is 0 Å². The number of carbonyl (C=O) groups is 2. The van der Waals surface area contributed by atoms with Gasteiger partial charge >= 0.3 is 12.0 Å². The number of nitrogens with one attached hydrogen (secondary N) is 2. The second-order valence-corrected chi connectivity index (χ2v) is 5.74. The largest absolute Gasteiger partial charge is 0.478 e. The number of anilines is 1. The van der Waals surface area contributed by atoms with Gasteiger partial charge in [-0.2, -0.15) is 0 Å². The number of urea groups is 1. The molecule has 0 aliphatic heterocycles. The molecule has 0 spiro atoms. The fourth-order valence-corrected chi connectivity index (χ4v) is 1.90. The highest BCUT2D eigenvalue weighted by Gasteiger charge is 2.29. The third-order valence-corrected chi connectivity index (χ3v) is 3.30. The Morgan fingerprint density at radius 2 is 1.67 bits per heavy atom. The zero-order valence-corrected chi connectivity index (χ0v) is 13.6. The van der Waals surface area contributed by atoms with Gasteiger partial charge in [-0.3, -0.25) is 0 Å². The molecule has 6 nitrogen and oxygen atoms in total. The molecule has 2 aromatic carbocycles. The van der Waals surface area contributed by atoms with Crippen LogP contribution in [0.2, 0.25) is 0 Å². The minimum atomic E-state index is -1.32. The van der Waals surface area contributed by atoms with Gasteiger partial charge in [-0.15, -0.1) is 0 Å². The summed E-state index contributed by atoms with van der Waals surface area (Å²) in [4.78, 5) is 22.9. The number of amides is 2. The van der Waals surface area contributed by atoms with E-state index in [0.717, 1.165) is 5.56 Å². The fourth-order valence-electron chi connectivity index (χ4n) is 1.90. The highest BCUT2D eigenvalue weighted by molar-refractivity contribution is 5.89. The second kappa shape index (κ2) is 7.50. The lowest BCUT2D eigenvalue weighted by molar-refractivity contribution is -0.152. The van der Waals surface area contributed by atoms with Crippen LogP contribution in [0.15, 0.2) is 54.6 Å². The Labute approximate surface area is 140 Å². The van der Waals surface area contributed by atoms with E-state index >= 15 is 0 Å². The van der Waals surface area contributed by atoms with Crippen molar-refractivity contribution in [3.05, 3.63) is 60.2 Å². The van der Waals surface area contributed by atoms with Crippen molar-refractivity contribution in [2.24, 2.45) is 0 Å². The maximum atomic E-state index is 11.9. The lowest BCUT2D eigenvalue weighted by Gasteiger charge is -2.21. The van der Waals surface area contributed by atoms with Gasteiger partial charge in [-0.1, -0.05) is 30.3 Å². The maximum Gasteiger partial charge on any atom is 0.347 e. The number of benzene rings is 2. The molecule has 2 rings (SSSR count). The van der Waals surface area contributed by atoms with Crippen molar-refractivity contribution in [1.82, 2.24) is 5.32 Å². The zero-order chi connectivity index (χ0) is 17.6. The Balaban J connectivity index is 1.87. The number of carbonyl (C=O) groups excluding carboxylic acids is 1.